The zero-order chi connectivity index (χ0) is 10.6. The van der Waals surface area contributed by atoms with E-state index in [9.17, 15) is 0 Å². The lowest BCUT2D eigenvalue weighted by Gasteiger charge is -1.99. The molecular formula is C12H22Cl2. The molecule has 0 amide bonds. The lowest BCUT2D eigenvalue weighted by atomic mass is 10.1. The van der Waals surface area contributed by atoms with Gasteiger partial charge in [-0.25, -0.2) is 0 Å². The van der Waals surface area contributed by atoms with Crippen LogP contribution in [0.2, 0.25) is 0 Å². The van der Waals surface area contributed by atoms with Crippen LogP contribution in [0.25, 0.3) is 0 Å². The van der Waals surface area contributed by atoms with Crippen LogP contribution in [-0.2, 0) is 0 Å². The van der Waals surface area contributed by atoms with E-state index in [1.807, 2.05) is 6.08 Å². The minimum Gasteiger partial charge on any atom is -0.0713 e. The Morgan fingerprint density at radius 3 is 1.86 bits per heavy atom. The van der Waals surface area contributed by atoms with Gasteiger partial charge in [0.15, 0.2) is 0 Å². The Morgan fingerprint density at radius 2 is 1.36 bits per heavy atom. The molecule has 0 aliphatic heterocycles. The van der Waals surface area contributed by atoms with Gasteiger partial charge < -0.3 is 0 Å². The van der Waals surface area contributed by atoms with Crippen molar-refractivity contribution in [3.05, 3.63) is 10.6 Å². The molecule has 0 N–H and O–H groups in total. The Hall–Kier alpha value is 0.320. The first-order valence-corrected chi connectivity index (χ1v) is 6.54. The molecular weight excluding hydrogens is 215 g/mol. The second kappa shape index (κ2) is 11.4. The van der Waals surface area contributed by atoms with E-state index < -0.39 is 0 Å². The van der Waals surface area contributed by atoms with Gasteiger partial charge in [-0.05, 0) is 12.8 Å². The van der Waals surface area contributed by atoms with Crippen LogP contribution < -0.4 is 0 Å². The van der Waals surface area contributed by atoms with Gasteiger partial charge in [0.2, 0.25) is 0 Å². The standard InChI is InChI=1S/C12H22Cl2/c1-2-3-4-5-6-7-8-9-10-11-12(13)14/h11H,2-10H2,1H3. The summed E-state index contributed by atoms with van der Waals surface area (Å²) in [5.74, 6) is 0. The highest BCUT2D eigenvalue weighted by atomic mass is 35.5. The van der Waals surface area contributed by atoms with E-state index in [0.29, 0.717) is 4.49 Å². The van der Waals surface area contributed by atoms with Crippen LogP contribution in [0, 0.1) is 0 Å². The Morgan fingerprint density at radius 1 is 0.857 bits per heavy atom. The van der Waals surface area contributed by atoms with Crippen molar-refractivity contribution in [2.45, 2.75) is 64.7 Å². The fourth-order valence-corrected chi connectivity index (χ4v) is 1.71. The van der Waals surface area contributed by atoms with Gasteiger partial charge in [-0.3, -0.25) is 0 Å². The van der Waals surface area contributed by atoms with Crippen molar-refractivity contribution in [3.63, 3.8) is 0 Å². The maximum absolute atomic E-state index is 5.50. The van der Waals surface area contributed by atoms with Crippen LogP contribution in [0.5, 0.6) is 0 Å². The van der Waals surface area contributed by atoms with E-state index in [2.05, 4.69) is 6.92 Å². The molecule has 2 heteroatoms. The fourth-order valence-electron chi connectivity index (χ4n) is 1.49. The maximum atomic E-state index is 5.50. The quantitative estimate of drug-likeness (QED) is 0.442. The smallest absolute Gasteiger partial charge is 0.0713 e. The largest absolute Gasteiger partial charge is 0.102 e. The Balaban J connectivity index is 2.96. The van der Waals surface area contributed by atoms with Gasteiger partial charge in [0.25, 0.3) is 0 Å². The molecule has 0 unspecified atom stereocenters. The van der Waals surface area contributed by atoms with Crippen molar-refractivity contribution < 1.29 is 0 Å². The summed E-state index contributed by atoms with van der Waals surface area (Å²) in [7, 11) is 0. The van der Waals surface area contributed by atoms with Gasteiger partial charge >= 0.3 is 0 Å². The summed E-state index contributed by atoms with van der Waals surface area (Å²) in [6.45, 7) is 2.25. The molecule has 0 aromatic rings. The molecule has 0 aliphatic carbocycles. The first kappa shape index (κ1) is 14.3. The molecule has 0 aromatic carbocycles. The van der Waals surface area contributed by atoms with Crippen molar-refractivity contribution in [3.8, 4) is 0 Å². The van der Waals surface area contributed by atoms with E-state index >= 15 is 0 Å². The highest BCUT2D eigenvalue weighted by molar-refractivity contribution is 6.55. The van der Waals surface area contributed by atoms with E-state index in [0.717, 1.165) is 6.42 Å². The number of halogens is 2. The highest BCUT2D eigenvalue weighted by Crippen LogP contribution is 2.12. The third-order valence-corrected chi connectivity index (χ3v) is 2.66. The van der Waals surface area contributed by atoms with Gasteiger partial charge in [0.05, 0.1) is 0 Å². The van der Waals surface area contributed by atoms with Crippen LogP contribution in [0.3, 0.4) is 0 Å². The molecule has 0 aliphatic rings. The van der Waals surface area contributed by atoms with E-state index in [4.69, 9.17) is 23.2 Å². The monoisotopic (exact) mass is 236 g/mol. The lowest BCUT2D eigenvalue weighted by molar-refractivity contribution is 0.577. The average Bonchev–Trinajstić information content (AvgIpc) is 2.15. The number of hydrogen-bond acceptors (Lipinski definition) is 0. The van der Waals surface area contributed by atoms with Gasteiger partial charge in [-0.1, -0.05) is 81.1 Å². The Bertz CT molecular complexity index is 137. The van der Waals surface area contributed by atoms with Crippen molar-refractivity contribution >= 4 is 23.2 Å². The number of hydrogen-bond donors (Lipinski definition) is 0. The molecule has 0 saturated heterocycles. The molecule has 0 nitrogen and oxygen atoms in total. The molecule has 0 radical (unpaired) electrons. The van der Waals surface area contributed by atoms with Crippen molar-refractivity contribution in [2.75, 3.05) is 0 Å². The molecule has 0 fully saturated rings. The fraction of sp³-hybridized carbons (Fsp3) is 0.833. The molecule has 14 heavy (non-hydrogen) atoms. The first-order valence-electron chi connectivity index (χ1n) is 5.78. The topological polar surface area (TPSA) is 0 Å². The zero-order valence-electron chi connectivity index (χ0n) is 9.20. The predicted octanol–water partition coefficient (Wildman–Crippen LogP) is 5.84. The van der Waals surface area contributed by atoms with E-state index in [1.54, 1.807) is 0 Å². The highest BCUT2D eigenvalue weighted by Gasteiger charge is 1.90. The third-order valence-electron chi connectivity index (χ3n) is 2.36. The first-order chi connectivity index (χ1) is 6.77. The second-order valence-corrected chi connectivity index (χ2v) is 4.77. The van der Waals surface area contributed by atoms with E-state index in [-0.39, 0.29) is 0 Å². The molecule has 0 spiro atoms. The molecule has 0 saturated carbocycles. The van der Waals surface area contributed by atoms with Gasteiger partial charge in [-0.2, -0.15) is 0 Å². The van der Waals surface area contributed by atoms with Crippen LogP contribution in [0.4, 0.5) is 0 Å². The second-order valence-electron chi connectivity index (χ2n) is 3.76. The predicted molar refractivity (Wildman–Crippen MR) is 67.0 cm³/mol. The van der Waals surface area contributed by atoms with Crippen LogP contribution in [0.1, 0.15) is 64.7 Å². The molecule has 0 bridgehead atoms. The average molecular weight is 237 g/mol. The van der Waals surface area contributed by atoms with Crippen LogP contribution in [0.15, 0.2) is 10.6 Å². The summed E-state index contributed by atoms with van der Waals surface area (Å²) in [6, 6.07) is 0. The van der Waals surface area contributed by atoms with Crippen molar-refractivity contribution in [1.29, 1.82) is 0 Å². The molecule has 84 valence electrons. The van der Waals surface area contributed by atoms with Gasteiger partial charge in [-0.15, -0.1) is 0 Å². The van der Waals surface area contributed by atoms with Gasteiger partial charge in [0.1, 0.15) is 4.49 Å². The molecule has 0 aromatic heterocycles. The SMILES string of the molecule is CCCCCCCCCCC=C(Cl)Cl. The number of unbranched alkanes of at least 4 members (excludes halogenated alkanes) is 8. The summed E-state index contributed by atoms with van der Waals surface area (Å²) in [5.41, 5.74) is 0. The molecule has 0 rings (SSSR count). The summed E-state index contributed by atoms with van der Waals surface area (Å²) in [5, 5.41) is 0. The van der Waals surface area contributed by atoms with Crippen molar-refractivity contribution in [2.24, 2.45) is 0 Å². The minimum absolute atomic E-state index is 0.410. The third kappa shape index (κ3) is 12.3. The summed E-state index contributed by atoms with van der Waals surface area (Å²) >= 11 is 11.0. The zero-order valence-corrected chi connectivity index (χ0v) is 10.7. The number of rotatable bonds is 9. The maximum Gasteiger partial charge on any atom is 0.102 e. The Kier molecular flexibility index (Phi) is 11.7. The van der Waals surface area contributed by atoms with E-state index in [1.165, 1.54) is 51.4 Å². The van der Waals surface area contributed by atoms with Crippen molar-refractivity contribution in [1.82, 2.24) is 0 Å². The molecule has 0 atom stereocenters. The van der Waals surface area contributed by atoms with Crippen LogP contribution >= 0.6 is 23.2 Å². The van der Waals surface area contributed by atoms with Gasteiger partial charge in [0, 0.05) is 0 Å². The summed E-state index contributed by atoms with van der Waals surface area (Å²) < 4.78 is 0.410. The Labute approximate surface area is 98.7 Å². The minimum atomic E-state index is 0.410. The molecule has 0 heterocycles. The normalized spacial score (nSPS) is 10.2. The van der Waals surface area contributed by atoms with Crippen LogP contribution in [-0.4, -0.2) is 0 Å². The summed E-state index contributed by atoms with van der Waals surface area (Å²) in [6.07, 6.45) is 13.7. The lowest BCUT2D eigenvalue weighted by Crippen LogP contribution is -1.79. The number of allylic oxidation sites excluding steroid dienone is 1. The summed E-state index contributed by atoms with van der Waals surface area (Å²) in [4.78, 5) is 0.